The maximum atomic E-state index is 11.8. The zero-order valence-corrected chi connectivity index (χ0v) is 13.0. The van der Waals surface area contributed by atoms with Gasteiger partial charge >= 0.3 is 0 Å². The van der Waals surface area contributed by atoms with Crippen LogP contribution < -0.4 is 0 Å². The lowest BCUT2D eigenvalue weighted by Gasteiger charge is -2.39. The highest BCUT2D eigenvalue weighted by Crippen LogP contribution is 2.41. The van der Waals surface area contributed by atoms with Crippen LogP contribution in [-0.2, 0) is 9.59 Å². The molecule has 0 aromatic heterocycles. The number of hydrogen-bond acceptors (Lipinski definition) is 3. The van der Waals surface area contributed by atoms with E-state index in [1.165, 1.54) is 5.57 Å². The van der Waals surface area contributed by atoms with E-state index in [0.29, 0.717) is 6.42 Å². The van der Waals surface area contributed by atoms with Crippen molar-refractivity contribution >= 4 is 11.6 Å². The van der Waals surface area contributed by atoms with Gasteiger partial charge in [0.1, 0.15) is 0 Å². The van der Waals surface area contributed by atoms with Crippen LogP contribution in [0.4, 0.5) is 0 Å². The fourth-order valence-corrected chi connectivity index (χ4v) is 2.95. The molecule has 1 saturated carbocycles. The van der Waals surface area contributed by atoms with Gasteiger partial charge in [-0.25, -0.2) is 0 Å². The van der Waals surface area contributed by atoms with E-state index in [9.17, 15) is 9.59 Å². The SMILES string of the molecule is CC(=CCO)CCC=CC1C(C)C(=O)C(=O)CC1(C)C. The summed E-state index contributed by atoms with van der Waals surface area (Å²) in [5.74, 6) is -0.560. The monoisotopic (exact) mass is 278 g/mol. The van der Waals surface area contributed by atoms with Gasteiger partial charge in [-0.15, -0.1) is 0 Å². The Balaban J connectivity index is 2.67. The minimum atomic E-state index is -0.228. The van der Waals surface area contributed by atoms with Gasteiger partial charge in [-0.2, -0.15) is 0 Å². The summed E-state index contributed by atoms with van der Waals surface area (Å²) in [5.41, 5.74) is 1.01. The maximum absolute atomic E-state index is 11.8. The molecule has 1 rings (SSSR count). The molecule has 112 valence electrons. The van der Waals surface area contributed by atoms with Crippen molar-refractivity contribution in [3.63, 3.8) is 0 Å². The van der Waals surface area contributed by atoms with E-state index < -0.39 is 0 Å². The Morgan fingerprint density at radius 3 is 2.65 bits per heavy atom. The molecule has 2 atom stereocenters. The molecule has 0 aliphatic heterocycles. The van der Waals surface area contributed by atoms with E-state index in [4.69, 9.17) is 5.11 Å². The number of carbonyl (C=O) groups is 2. The lowest BCUT2D eigenvalue weighted by atomic mass is 9.63. The second-order valence-electron chi connectivity index (χ2n) is 6.47. The molecule has 0 amide bonds. The highest BCUT2D eigenvalue weighted by molar-refractivity contribution is 6.38. The van der Waals surface area contributed by atoms with Crippen LogP contribution in [0.25, 0.3) is 0 Å². The topological polar surface area (TPSA) is 54.4 Å². The standard InChI is InChI=1S/C17H26O3/c1-12(9-10-18)7-5-6-8-14-13(2)16(20)15(19)11-17(14,3)4/h6,8-9,13-14,18H,5,7,10-11H2,1-4H3. The van der Waals surface area contributed by atoms with E-state index in [2.05, 4.69) is 26.0 Å². The van der Waals surface area contributed by atoms with Gasteiger partial charge in [-0.05, 0) is 31.1 Å². The molecule has 20 heavy (non-hydrogen) atoms. The van der Waals surface area contributed by atoms with Crippen LogP contribution in [0, 0.1) is 17.3 Å². The molecule has 0 saturated heterocycles. The van der Waals surface area contributed by atoms with Gasteiger partial charge in [0, 0.05) is 12.3 Å². The van der Waals surface area contributed by atoms with Crippen molar-refractivity contribution in [1.29, 1.82) is 0 Å². The minimum Gasteiger partial charge on any atom is -0.392 e. The highest BCUT2D eigenvalue weighted by Gasteiger charge is 2.44. The Kier molecular flexibility index (Phi) is 5.88. The first-order valence-electron chi connectivity index (χ1n) is 7.30. The lowest BCUT2D eigenvalue weighted by molar-refractivity contribution is -0.145. The highest BCUT2D eigenvalue weighted by atomic mass is 16.2. The van der Waals surface area contributed by atoms with Gasteiger partial charge < -0.3 is 5.11 Å². The van der Waals surface area contributed by atoms with Gasteiger partial charge in [0.25, 0.3) is 0 Å². The van der Waals surface area contributed by atoms with E-state index in [0.717, 1.165) is 12.8 Å². The molecule has 0 radical (unpaired) electrons. The van der Waals surface area contributed by atoms with Crippen LogP contribution in [0.1, 0.15) is 47.0 Å². The molecule has 0 spiro atoms. The molecule has 3 heteroatoms. The number of ketones is 2. The summed E-state index contributed by atoms with van der Waals surface area (Å²) in [5, 5.41) is 8.79. The third-order valence-corrected chi connectivity index (χ3v) is 4.23. The normalized spacial score (nSPS) is 27.4. The predicted molar refractivity (Wildman–Crippen MR) is 80.3 cm³/mol. The number of aliphatic hydroxyl groups is 1. The third kappa shape index (κ3) is 4.14. The second kappa shape index (κ2) is 6.98. The van der Waals surface area contributed by atoms with Crippen LogP contribution in [0.15, 0.2) is 23.8 Å². The first-order chi connectivity index (χ1) is 9.29. The zero-order chi connectivity index (χ0) is 15.3. The van der Waals surface area contributed by atoms with Crippen molar-refractivity contribution in [3.05, 3.63) is 23.8 Å². The molecule has 0 heterocycles. The van der Waals surface area contributed by atoms with Gasteiger partial charge in [-0.1, -0.05) is 44.6 Å². The molecule has 0 aromatic carbocycles. The van der Waals surface area contributed by atoms with E-state index in [1.807, 2.05) is 19.9 Å². The van der Waals surface area contributed by atoms with Crippen LogP contribution >= 0.6 is 0 Å². The Morgan fingerprint density at radius 2 is 2.05 bits per heavy atom. The van der Waals surface area contributed by atoms with Crippen LogP contribution in [0.5, 0.6) is 0 Å². The number of rotatable bonds is 5. The van der Waals surface area contributed by atoms with Crippen LogP contribution in [-0.4, -0.2) is 23.3 Å². The first kappa shape index (κ1) is 16.8. The summed E-state index contributed by atoms with van der Waals surface area (Å²) in [6.07, 6.45) is 8.15. The van der Waals surface area contributed by atoms with Gasteiger partial charge in [-0.3, -0.25) is 9.59 Å². The Bertz CT molecular complexity index is 430. The number of Topliss-reactive ketones (excluding diaryl/α,β-unsaturated/α-hetero) is 2. The molecule has 1 aliphatic rings. The predicted octanol–water partition coefficient (Wildman–Crippen LogP) is 3.08. The maximum Gasteiger partial charge on any atom is 0.201 e. The minimum absolute atomic E-state index is 0.0822. The molecule has 3 nitrogen and oxygen atoms in total. The molecule has 1 fully saturated rings. The Hall–Kier alpha value is -1.22. The van der Waals surface area contributed by atoms with Crippen molar-refractivity contribution < 1.29 is 14.7 Å². The summed E-state index contributed by atoms with van der Waals surface area (Å²) in [6, 6.07) is 0. The van der Waals surface area contributed by atoms with Gasteiger partial charge in [0.05, 0.1) is 6.61 Å². The van der Waals surface area contributed by atoms with Crippen molar-refractivity contribution in [2.45, 2.75) is 47.0 Å². The largest absolute Gasteiger partial charge is 0.392 e. The van der Waals surface area contributed by atoms with Gasteiger partial charge in [0.2, 0.25) is 5.78 Å². The number of aliphatic hydroxyl groups excluding tert-OH is 1. The van der Waals surface area contributed by atoms with Crippen molar-refractivity contribution in [1.82, 2.24) is 0 Å². The third-order valence-electron chi connectivity index (χ3n) is 4.23. The molecule has 1 aliphatic carbocycles. The summed E-state index contributed by atoms with van der Waals surface area (Å²) < 4.78 is 0. The summed E-state index contributed by atoms with van der Waals surface area (Å²) in [6.45, 7) is 8.05. The van der Waals surface area contributed by atoms with Crippen molar-refractivity contribution in [2.24, 2.45) is 17.3 Å². The molecule has 1 N–H and O–H groups in total. The second-order valence-corrected chi connectivity index (χ2v) is 6.47. The summed E-state index contributed by atoms with van der Waals surface area (Å²) >= 11 is 0. The Morgan fingerprint density at radius 1 is 1.40 bits per heavy atom. The van der Waals surface area contributed by atoms with Crippen LogP contribution in [0.2, 0.25) is 0 Å². The fraction of sp³-hybridized carbons (Fsp3) is 0.647. The molecular formula is C17H26O3. The number of hydrogen-bond donors (Lipinski definition) is 1. The summed E-state index contributed by atoms with van der Waals surface area (Å²) in [4.78, 5) is 23.5. The first-order valence-corrected chi connectivity index (χ1v) is 7.30. The average molecular weight is 278 g/mol. The molecule has 0 aromatic rings. The molecular weight excluding hydrogens is 252 g/mol. The van der Waals surface area contributed by atoms with E-state index >= 15 is 0 Å². The van der Waals surface area contributed by atoms with Gasteiger partial charge in [0.15, 0.2) is 5.78 Å². The van der Waals surface area contributed by atoms with Crippen molar-refractivity contribution in [2.75, 3.05) is 6.61 Å². The van der Waals surface area contributed by atoms with E-state index in [-0.39, 0.29) is 35.4 Å². The lowest BCUT2D eigenvalue weighted by Crippen LogP contribution is -2.43. The number of carbonyl (C=O) groups excluding carboxylic acids is 2. The zero-order valence-electron chi connectivity index (χ0n) is 13.0. The fourth-order valence-electron chi connectivity index (χ4n) is 2.95. The van der Waals surface area contributed by atoms with Crippen LogP contribution in [0.3, 0.4) is 0 Å². The number of allylic oxidation sites excluding steroid dienone is 3. The Labute approximate surface area is 121 Å². The average Bonchev–Trinajstić information content (AvgIpc) is 2.35. The molecule has 2 unspecified atom stereocenters. The molecule has 0 bridgehead atoms. The van der Waals surface area contributed by atoms with Crippen molar-refractivity contribution in [3.8, 4) is 0 Å². The van der Waals surface area contributed by atoms with E-state index in [1.54, 1.807) is 0 Å². The smallest absolute Gasteiger partial charge is 0.201 e. The quantitative estimate of drug-likeness (QED) is 0.621. The summed E-state index contributed by atoms with van der Waals surface area (Å²) in [7, 11) is 0.